The highest BCUT2D eigenvalue weighted by molar-refractivity contribution is 7.98. The number of benzene rings is 2. The highest BCUT2D eigenvalue weighted by atomic mass is 32.2. The van der Waals surface area contributed by atoms with Gasteiger partial charge in [-0.2, -0.15) is 5.10 Å². The fourth-order valence-electron chi connectivity index (χ4n) is 2.17. The molecular formula is C18H21N3OS. The Morgan fingerprint density at radius 1 is 1.13 bits per heavy atom. The molecule has 0 saturated carbocycles. The first-order valence-electron chi connectivity index (χ1n) is 7.36. The van der Waals surface area contributed by atoms with Gasteiger partial charge in [-0.25, -0.2) is 5.43 Å². The minimum atomic E-state index is -0.176. The zero-order valence-electron chi connectivity index (χ0n) is 13.6. The number of amides is 1. The van der Waals surface area contributed by atoms with Crippen LogP contribution in [0.2, 0.25) is 0 Å². The summed E-state index contributed by atoms with van der Waals surface area (Å²) in [6, 6.07) is 14.0. The molecule has 2 rings (SSSR count). The van der Waals surface area contributed by atoms with Crippen LogP contribution in [0.3, 0.4) is 0 Å². The number of hydrogen-bond donors (Lipinski definition) is 2. The number of hydrogen-bond acceptors (Lipinski definition) is 4. The SMILES string of the molecule is CSc1ccc(/C=N/NC(=O)CNc2c(C)cccc2C)cc1. The van der Waals surface area contributed by atoms with Crippen molar-refractivity contribution < 1.29 is 4.79 Å². The maximum Gasteiger partial charge on any atom is 0.259 e. The summed E-state index contributed by atoms with van der Waals surface area (Å²) in [5.41, 5.74) is 6.72. The lowest BCUT2D eigenvalue weighted by Gasteiger charge is -2.11. The minimum Gasteiger partial charge on any atom is -0.376 e. The summed E-state index contributed by atoms with van der Waals surface area (Å²) in [5.74, 6) is -0.176. The van der Waals surface area contributed by atoms with Crippen molar-refractivity contribution in [1.82, 2.24) is 5.43 Å². The molecule has 120 valence electrons. The average molecular weight is 327 g/mol. The number of rotatable bonds is 6. The van der Waals surface area contributed by atoms with Crippen molar-refractivity contribution in [3.05, 3.63) is 59.2 Å². The van der Waals surface area contributed by atoms with Crippen LogP contribution in [-0.4, -0.2) is 24.9 Å². The molecule has 0 saturated heterocycles. The van der Waals surface area contributed by atoms with E-state index in [0.29, 0.717) is 0 Å². The zero-order chi connectivity index (χ0) is 16.7. The van der Waals surface area contributed by atoms with Gasteiger partial charge in [-0.05, 0) is 48.9 Å². The molecule has 0 aliphatic carbocycles. The van der Waals surface area contributed by atoms with Crippen molar-refractivity contribution in [3.63, 3.8) is 0 Å². The summed E-state index contributed by atoms with van der Waals surface area (Å²) < 4.78 is 0. The fraction of sp³-hybridized carbons (Fsp3) is 0.222. The van der Waals surface area contributed by atoms with Gasteiger partial charge in [0.25, 0.3) is 5.91 Å². The largest absolute Gasteiger partial charge is 0.376 e. The molecule has 23 heavy (non-hydrogen) atoms. The van der Waals surface area contributed by atoms with Crippen molar-refractivity contribution in [2.45, 2.75) is 18.7 Å². The fourth-order valence-corrected chi connectivity index (χ4v) is 2.58. The van der Waals surface area contributed by atoms with Crippen LogP contribution in [0.25, 0.3) is 0 Å². The summed E-state index contributed by atoms with van der Waals surface area (Å²) in [5, 5.41) is 7.14. The van der Waals surface area contributed by atoms with Gasteiger partial charge in [0.15, 0.2) is 0 Å². The normalized spacial score (nSPS) is 10.7. The predicted octanol–water partition coefficient (Wildman–Crippen LogP) is 3.59. The van der Waals surface area contributed by atoms with Gasteiger partial charge in [-0.15, -0.1) is 11.8 Å². The second kappa shape index (κ2) is 8.39. The van der Waals surface area contributed by atoms with Gasteiger partial charge in [0.05, 0.1) is 12.8 Å². The zero-order valence-corrected chi connectivity index (χ0v) is 14.4. The lowest BCUT2D eigenvalue weighted by Crippen LogP contribution is -2.26. The van der Waals surface area contributed by atoms with Gasteiger partial charge >= 0.3 is 0 Å². The van der Waals surface area contributed by atoms with Crippen molar-refractivity contribution >= 4 is 29.6 Å². The summed E-state index contributed by atoms with van der Waals surface area (Å²) in [4.78, 5) is 13.0. The van der Waals surface area contributed by atoms with Gasteiger partial charge in [-0.3, -0.25) is 4.79 Å². The van der Waals surface area contributed by atoms with Crippen LogP contribution < -0.4 is 10.7 Å². The molecule has 0 heterocycles. The molecule has 0 bridgehead atoms. The molecule has 0 fully saturated rings. The monoisotopic (exact) mass is 327 g/mol. The summed E-state index contributed by atoms with van der Waals surface area (Å²) in [6.45, 7) is 4.22. The second-order valence-corrected chi connectivity index (χ2v) is 6.07. The molecule has 4 nitrogen and oxygen atoms in total. The number of carbonyl (C=O) groups excluding carboxylic acids is 1. The van der Waals surface area contributed by atoms with Gasteiger partial charge in [0, 0.05) is 10.6 Å². The van der Waals surface area contributed by atoms with Crippen molar-refractivity contribution in [2.24, 2.45) is 5.10 Å². The van der Waals surface area contributed by atoms with Crippen LogP contribution in [0.5, 0.6) is 0 Å². The maximum atomic E-state index is 11.8. The van der Waals surface area contributed by atoms with Gasteiger partial charge in [0.1, 0.15) is 0 Å². The Bertz CT molecular complexity index is 676. The standard InChI is InChI=1S/C18H21N3OS/c1-13-5-4-6-14(2)18(13)19-12-17(22)21-20-11-15-7-9-16(23-3)10-8-15/h4-11,19H,12H2,1-3H3,(H,21,22)/b20-11+. The Morgan fingerprint density at radius 3 is 2.39 bits per heavy atom. The van der Waals surface area contributed by atoms with E-state index in [2.05, 4.69) is 15.8 Å². The summed E-state index contributed by atoms with van der Waals surface area (Å²) in [6.07, 6.45) is 3.67. The van der Waals surface area contributed by atoms with E-state index in [0.717, 1.165) is 22.4 Å². The Hall–Kier alpha value is -2.27. The lowest BCUT2D eigenvalue weighted by molar-refractivity contribution is -0.119. The molecule has 0 aliphatic heterocycles. The Morgan fingerprint density at radius 2 is 1.78 bits per heavy atom. The van der Waals surface area contributed by atoms with E-state index >= 15 is 0 Å². The van der Waals surface area contributed by atoms with Gasteiger partial charge < -0.3 is 5.32 Å². The van der Waals surface area contributed by atoms with E-state index in [4.69, 9.17) is 0 Å². The molecule has 2 aromatic rings. The van der Waals surface area contributed by atoms with Crippen LogP contribution in [-0.2, 0) is 4.79 Å². The predicted molar refractivity (Wildman–Crippen MR) is 98.4 cm³/mol. The number of nitrogens with one attached hydrogen (secondary N) is 2. The molecule has 2 aromatic carbocycles. The number of hydrazone groups is 1. The minimum absolute atomic E-state index is 0.176. The molecule has 0 aliphatic rings. The summed E-state index contributed by atoms with van der Waals surface area (Å²) >= 11 is 1.69. The first-order valence-corrected chi connectivity index (χ1v) is 8.58. The van der Waals surface area contributed by atoms with Crippen LogP contribution in [0.1, 0.15) is 16.7 Å². The number of thioether (sulfide) groups is 1. The number of aryl methyl sites for hydroxylation is 2. The van der Waals surface area contributed by atoms with Gasteiger partial charge in [-0.1, -0.05) is 30.3 Å². The summed E-state index contributed by atoms with van der Waals surface area (Å²) in [7, 11) is 0. The first kappa shape index (κ1) is 17.1. The van der Waals surface area contributed by atoms with Crippen molar-refractivity contribution in [1.29, 1.82) is 0 Å². The van der Waals surface area contributed by atoms with E-state index < -0.39 is 0 Å². The van der Waals surface area contributed by atoms with E-state index in [1.165, 1.54) is 4.90 Å². The average Bonchev–Trinajstić information content (AvgIpc) is 2.55. The third kappa shape index (κ3) is 5.14. The molecule has 1 amide bonds. The number of nitrogens with zero attached hydrogens (tertiary/aromatic N) is 1. The Kier molecular flexibility index (Phi) is 6.23. The molecule has 0 radical (unpaired) electrons. The highest BCUT2D eigenvalue weighted by Gasteiger charge is 2.04. The molecule has 0 spiro atoms. The quantitative estimate of drug-likeness (QED) is 0.484. The van der Waals surface area contributed by atoms with Crippen LogP contribution >= 0.6 is 11.8 Å². The first-order chi connectivity index (χ1) is 11.1. The van der Waals surface area contributed by atoms with E-state index in [9.17, 15) is 4.79 Å². The van der Waals surface area contributed by atoms with Crippen molar-refractivity contribution in [2.75, 3.05) is 18.1 Å². The van der Waals surface area contributed by atoms with Crippen molar-refractivity contribution in [3.8, 4) is 0 Å². The highest BCUT2D eigenvalue weighted by Crippen LogP contribution is 2.18. The topological polar surface area (TPSA) is 53.5 Å². The number of para-hydroxylation sites is 1. The number of anilines is 1. The molecule has 5 heteroatoms. The smallest absolute Gasteiger partial charge is 0.259 e. The molecule has 2 N–H and O–H groups in total. The van der Waals surface area contributed by atoms with Crippen LogP contribution in [0.4, 0.5) is 5.69 Å². The molecule has 0 atom stereocenters. The molecular weight excluding hydrogens is 306 g/mol. The Labute approximate surface area is 141 Å². The number of carbonyl (C=O) groups is 1. The van der Waals surface area contributed by atoms with Crippen LogP contribution in [0.15, 0.2) is 52.5 Å². The van der Waals surface area contributed by atoms with E-state index in [1.54, 1.807) is 18.0 Å². The van der Waals surface area contributed by atoms with Gasteiger partial charge in [0.2, 0.25) is 0 Å². The van der Waals surface area contributed by atoms with Crippen LogP contribution in [0, 0.1) is 13.8 Å². The molecule has 0 aromatic heterocycles. The third-order valence-corrected chi connectivity index (χ3v) is 4.17. The third-order valence-electron chi connectivity index (χ3n) is 3.43. The lowest BCUT2D eigenvalue weighted by atomic mass is 10.1. The van der Waals surface area contributed by atoms with E-state index in [-0.39, 0.29) is 12.5 Å². The second-order valence-electron chi connectivity index (χ2n) is 5.19. The maximum absolute atomic E-state index is 11.8. The van der Waals surface area contributed by atoms with E-state index in [1.807, 2.05) is 62.6 Å². The Balaban J connectivity index is 1.84. The molecule has 0 unspecified atom stereocenters.